The number of ether oxygens (including phenoxy) is 1. The molecule has 0 aliphatic rings. The monoisotopic (exact) mass is 458 g/mol. The van der Waals surface area contributed by atoms with Crippen LogP contribution in [0.25, 0.3) is 22.3 Å². The average Bonchev–Trinajstić information content (AvgIpc) is 2.71. The minimum Gasteiger partial charge on any atom is -0.481 e. The molecule has 6 heteroatoms. The molecule has 0 spiro atoms. The Morgan fingerprint density at radius 3 is 2.40 bits per heavy atom. The Bertz CT molecular complexity index is 1330. The van der Waals surface area contributed by atoms with Gasteiger partial charge in [-0.05, 0) is 60.9 Å². The van der Waals surface area contributed by atoms with E-state index >= 15 is 0 Å². The van der Waals surface area contributed by atoms with Gasteiger partial charge in [-0.1, -0.05) is 59.1 Å². The molecule has 152 valence electrons. The van der Waals surface area contributed by atoms with Gasteiger partial charge < -0.3 is 9.15 Å². The molecule has 0 bridgehead atoms. The van der Waals surface area contributed by atoms with E-state index in [0.29, 0.717) is 37.4 Å². The Hall–Kier alpha value is -2.46. The van der Waals surface area contributed by atoms with Gasteiger partial charge in [0.05, 0.1) is 20.5 Å². The van der Waals surface area contributed by atoms with Gasteiger partial charge in [-0.3, -0.25) is 4.79 Å². The summed E-state index contributed by atoms with van der Waals surface area (Å²) in [6.45, 7) is 3.96. The quantitative estimate of drug-likeness (QED) is 0.315. The summed E-state index contributed by atoms with van der Waals surface area (Å²) in [6.07, 6.45) is 0. The van der Waals surface area contributed by atoms with E-state index in [4.69, 9.17) is 44.0 Å². The lowest BCUT2D eigenvalue weighted by molar-refractivity contribution is 0.298. The Balaban J connectivity index is 1.90. The molecule has 0 aliphatic carbocycles. The average molecular weight is 460 g/mol. The van der Waals surface area contributed by atoms with Crippen molar-refractivity contribution in [2.24, 2.45) is 0 Å². The largest absolute Gasteiger partial charge is 0.481 e. The molecule has 3 nitrogen and oxygen atoms in total. The highest BCUT2D eigenvalue weighted by Gasteiger charge is 2.21. The molecule has 0 radical (unpaired) electrons. The molecular formula is C24H17Cl3O3. The van der Waals surface area contributed by atoms with Crippen LogP contribution in [0.15, 0.2) is 63.8 Å². The number of halogens is 3. The van der Waals surface area contributed by atoms with Gasteiger partial charge in [0, 0.05) is 5.56 Å². The van der Waals surface area contributed by atoms with E-state index in [9.17, 15) is 4.79 Å². The molecule has 1 heterocycles. The first-order chi connectivity index (χ1) is 14.3. The highest BCUT2D eigenvalue weighted by molar-refractivity contribution is 6.42. The van der Waals surface area contributed by atoms with Crippen molar-refractivity contribution in [2.45, 2.75) is 20.5 Å². The third-order valence-corrected chi connectivity index (χ3v) is 5.83. The summed E-state index contributed by atoms with van der Waals surface area (Å²) in [5.74, 6) is 0.400. The molecule has 30 heavy (non-hydrogen) atoms. The zero-order chi connectivity index (χ0) is 21.4. The highest BCUT2D eigenvalue weighted by Crippen LogP contribution is 2.36. The van der Waals surface area contributed by atoms with Crippen LogP contribution < -0.4 is 10.2 Å². The first-order valence-corrected chi connectivity index (χ1v) is 10.4. The van der Waals surface area contributed by atoms with Gasteiger partial charge in [0.15, 0.2) is 5.76 Å². The Morgan fingerprint density at radius 2 is 1.67 bits per heavy atom. The number of benzene rings is 3. The summed E-state index contributed by atoms with van der Waals surface area (Å²) in [4.78, 5) is 13.4. The fraction of sp³-hybridized carbons (Fsp3) is 0.125. The van der Waals surface area contributed by atoms with Gasteiger partial charge in [-0.25, -0.2) is 0 Å². The second-order valence-corrected chi connectivity index (χ2v) is 8.29. The van der Waals surface area contributed by atoms with Gasteiger partial charge in [-0.2, -0.15) is 0 Å². The van der Waals surface area contributed by atoms with E-state index in [1.165, 1.54) is 0 Å². The van der Waals surface area contributed by atoms with Crippen LogP contribution in [0.5, 0.6) is 5.75 Å². The SMILES string of the molecule is Cc1cc(C)c2oc(-c3ccccc3Cl)c(OCc3ccc(Cl)c(Cl)c3)c(=O)c2c1. The van der Waals surface area contributed by atoms with Crippen molar-refractivity contribution in [3.8, 4) is 17.1 Å². The molecule has 0 N–H and O–H groups in total. The second-order valence-electron chi connectivity index (χ2n) is 7.06. The van der Waals surface area contributed by atoms with Crippen molar-refractivity contribution in [1.29, 1.82) is 0 Å². The molecule has 0 amide bonds. The molecule has 4 aromatic rings. The van der Waals surface area contributed by atoms with Gasteiger partial charge in [0.25, 0.3) is 0 Å². The van der Waals surface area contributed by atoms with Gasteiger partial charge >= 0.3 is 0 Å². The second kappa shape index (κ2) is 8.35. The Morgan fingerprint density at radius 1 is 0.900 bits per heavy atom. The lowest BCUT2D eigenvalue weighted by atomic mass is 10.1. The lowest BCUT2D eigenvalue weighted by Gasteiger charge is -2.14. The number of aryl methyl sites for hydroxylation is 2. The maximum absolute atomic E-state index is 13.4. The van der Waals surface area contributed by atoms with Crippen LogP contribution in [-0.2, 0) is 6.61 Å². The van der Waals surface area contributed by atoms with E-state index in [-0.39, 0.29) is 17.8 Å². The summed E-state index contributed by atoms with van der Waals surface area (Å²) in [5.41, 5.74) is 3.46. The van der Waals surface area contributed by atoms with Crippen LogP contribution in [0.2, 0.25) is 15.1 Å². The third kappa shape index (κ3) is 3.93. The van der Waals surface area contributed by atoms with Crippen molar-refractivity contribution < 1.29 is 9.15 Å². The predicted octanol–water partition coefficient (Wildman–Crippen LogP) is 7.62. The van der Waals surface area contributed by atoms with Crippen molar-refractivity contribution in [3.05, 3.63) is 96.6 Å². The zero-order valence-corrected chi connectivity index (χ0v) is 18.5. The zero-order valence-electron chi connectivity index (χ0n) is 16.3. The first-order valence-electron chi connectivity index (χ1n) is 9.25. The van der Waals surface area contributed by atoms with Crippen molar-refractivity contribution in [2.75, 3.05) is 0 Å². The summed E-state index contributed by atoms with van der Waals surface area (Å²) in [7, 11) is 0. The van der Waals surface area contributed by atoms with Gasteiger partial charge in [-0.15, -0.1) is 0 Å². The van der Waals surface area contributed by atoms with Crippen molar-refractivity contribution in [1.82, 2.24) is 0 Å². The summed E-state index contributed by atoms with van der Waals surface area (Å²) in [6, 6.07) is 16.1. The number of hydrogen-bond donors (Lipinski definition) is 0. The Kier molecular flexibility index (Phi) is 5.79. The summed E-state index contributed by atoms with van der Waals surface area (Å²) in [5, 5.41) is 1.80. The smallest absolute Gasteiger partial charge is 0.235 e. The normalized spacial score (nSPS) is 11.1. The highest BCUT2D eigenvalue weighted by atomic mass is 35.5. The maximum Gasteiger partial charge on any atom is 0.235 e. The van der Waals surface area contributed by atoms with Crippen LogP contribution >= 0.6 is 34.8 Å². The minimum absolute atomic E-state index is 0.103. The molecule has 4 rings (SSSR count). The van der Waals surface area contributed by atoms with Crippen molar-refractivity contribution in [3.63, 3.8) is 0 Å². The molecule has 0 fully saturated rings. The molecule has 0 unspecified atom stereocenters. The summed E-state index contributed by atoms with van der Waals surface area (Å²) >= 11 is 18.5. The standard InChI is InChI=1S/C24H17Cl3O3/c1-13-9-14(2)22-17(10-13)21(28)24(23(30-22)16-5-3-4-6-18(16)25)29-12-15-7-8-19(26)20(27)11-15/h3-11H,12H2,1-2H3. The van der Waals surface area contributed by atoms with Crippen LogP contribution in [0.3, 0.4) is 0 Å². The number of rotatable bonds is 4. The molecule has 0 saturated carbocycles. The van der Waals surface area contributed by atoms with Crippen LogP contribution in [-0.4, -0.2) is 0 Å². The van der Waals surface area contributed by atoms with E-state index in [0.717, 1.165) is 16.7 Å². The minimum atomic E-state index is -0.252. The fourth-order valence-electron chi connectivity index (χ4n) is 3.37. The molecule has 3 aromatic carbocycles. The lowest BCUT2D eigenvalue weighted by Crippen LogP contribution is -2.11. The third-order valence-electron chi connectivity index (χ3n) is 4.77. The molecular weight excluding hydrogens is 443 g/mol. The van der Waals surface area contributed by atoms with Crippen molar-refractivity contribution >= 4 is 45.8 Å². The number of hydrogen-bond acceptors (Lipinski definition) is 3. The number of fused-ring (bicyclic) bond motifs is 1. The molecule has 0 aliphatic heterocycles. The van der Waals surface area contributed by atoms with Gasteiger partial charge in [0.2, 0.25) is 11.2 Å². The topological polar surface area (TPSA) is 39.4 Å². The van der Waals surface area contributed by atoms with Crippen LogP contribution in [0.4, 0.5) is 0 Å². The van der Waals surface area contributed by atoms with Crippen LogP contribution in [0.1, 0.15) is 16.7 Å². The molecule has 0 saturated heterocycles. The van der Waals surface area contributed by atoms with Gasteiger partial charge in [0.1, 0.15) is 12.2 Å². The maximum atomic E-state index is 13.4. The Labute approximate surface area is 188 Å². The van der Waals surface area contributed by atoms with Crippen LogP contribution in [0, 0.1) is 13.8 Å². The summed E-state index contributed by atoms with van der Waals surface area (Å²) < 4.78 is 12.2. The van der Waals surface area contributed by atoms with E-state index in [1.54, 1.807) is 36.4 Å². The fourth-order valence-corrected chi connectivity index (χ4v) is 3.91. The molecule has 1 aromatic heterocycles. The molecule has 0 atom stereocenters. The predicted molar refractivity (Wildman–Crippen MR) is 123 cm³/mol. The van der Waals surface area contributed by atoms with E-state index in [1.807, 2.05) is 32.0 Å². The van der Waals surface area contributed by atoms with E-state index < -0.39 is 0 Å². The van der Waals surface area contributed by atoms with E-state index in [2.05, 4.69) is 0 Å². The first kappa shape index (κ1) is 20.8.